The van der Waals surface area contributed by atoms with E-state index in [1.807, 2.05) is 6.07 Å². The first kappa shape index (κ1) is 13.4. The molecule has 0 aliphatic heterocycles. The molecule has 0 spiro atoms. The van der Waals surface area contributed by atoms with Crippen molar-refractivity contribution in [2.75, 3.05) is 0 Å². The highest BCUT2D eigenvalue weighted by Gasteiger charge is 2.22. The maximum Gasteiger partial charge on any atom is 0.323 e. The van der Waals surface area contributed by atoms with Crippen molar-refractivity contribution in [3.05, 3.63) is 34.2 Å². The summed E-state index contributed by atoms with van der Waals surface area (Å²) in [5, 5.41) is 3.71. The third-order valence-electron chi connectivity index (χ3n) is 4.66. The summed E-state index contributed by atoms with van der Waals surface area (Å²) in [7, 11) is 0. The SMILES string of the molecule is CC(N[C@H](C)C1CCCC1)c1ccc2[nH]c(=O)[nH]c2c1. The monoisotopic (exact) mass is 273 g/mol. The van der Waals surface area contributed by atoms with Crippen molar-refractivity contribution < 1.29 is 0 Å². The standard InChI is InChI=1S/C16H23N3O/c1-10(12-5-3-4-6-12)17-11(2)13-7-8-14-15(9-13)19-16(20)18-14/h7-12,17H,3-6H2,1-2H3,(H2,18,19,20)/t10-,11?/m1/s1. The number of fused-ring (bicyclic) bond motifs is 1. The number of hydrogen-bond acceptors (Lipinski definition) is 2. The predicted octanol–water partition coefficient (Wildman–Crippen LogP) is 3.09. The Kier molecular flexibility index (Phi) is 3.66. The second-order valence-electron chi connectivity index (χ2n) is 6.11. The molecule has 1 aliphatic rings. The van der Waals surface area contributed by atoms with Crippen molar-refractivity contribution in [2.45, 2.75) is 51.6 Å². The summed E-state index contributed by atoms with van der Waals surface area (Å²) >= 11 is 0. The molecule has 0 bridgehead atoms. The molecule has 20 heavy (non-hydrogen) atoms. The minimum absolute atomic E-state index is 0.142. The van der Waals surface area contributed by atoms with Crippen LogP contribution in [-0.2, 0) is 0 Å². The average Bonchev–Trinajstić information content (AvgIpc) is 3.05. The van der Waals surface area contributed by atoms with Crippen LogP contribution in [0.15, 0.2) is 23.0 Å². The first-order valence-corrected chi connectivity index (χ1v) is 7.61. The molecule has 1 fully saturated rings. The summed E-state index contributed by atoms with van der Waals surface area (Å²) in [6, 6.07) is 6.97. The van der Waals surface area contributed by atoms with Gasteiger partial charge in [0.05, 0.1) is 11.0 Å². The van der Waals surface area contributed by atoms with E-state index in [1.54, 1.807) is 0 Å². The molecule has 1 saturated carbocycles. The number of aromatic nitrogens is 2. The van der Waals surface area contributed by atoms with Gasteiger partial charge in [0.1, 0.15) is 0 Å². The number of hydrogen-bond donors (Lipinski definition) is 3. The summed E-state index contributed by atoms with van der Waals surface area (Å²) in [5.41, 5.74) is 2.83. The van der Waals surface area contributed by atoms with Crippen molar-refractivity contribution in [2.24, 2.45) is 5.92 Å². The average molecular weight is 273 g/mol. The molecule has 0 amide bonds. The van der Waals surface area contributed by atoms with Gasteiger partial charge in [0.15, 0.2) is 0 Å². The Bertz CT molecular complexity index is 636. The van der Waals surface area contributed by atoms with Crippen LogP contribution < -0.4 is 11.0 Å². The van der Waals surface area contributed by atoms with Crippen LogP contribution in [0.5, 0.6) is 0 Å². The molecule has 1 aromatic heterocycles. The quantitative estimate of drug-likeness (QED) is 0.801. The molecule has 3 rings (SSSR count). The molecule has 1 heterocycles. The van der Waals surface area contributed by atoms with Gasteiger partial charge in [-0.15, -0.1) is 0 Å². The lowest BCUT2D eigenvalue weighted by atomic mass is 9.97. The number of nitrogens with one attached hydrogen (secondary N) is 3. The molecule has 0 saturated heterocycles. The summed E-state index contributed by atoms with van der Waals surface area (Å²) in [4.78, 5) is 16.9. The number of benzene rings is 1. The largest absolute Gasteiger partial charge is 0.323 e. The Morgan fingerprint density at radius 2 is 1.85 bits per heavy atom. The predicted molar refractivity (Wildman–Crippen MR) is 81.9 cm³/mol. The third-order valence-corrected chi connectivity index (χ3v) is 4.66. The molecular formula is C16H23N3O. The fraction of sp³-hybridized carbons (Fsp3) is 0.562. The van der Waals surface area contributed by atoms with Crippen molar-refractivity contribution in [3.63, 3.8) is 0 Å². The fourth-order valence-electron chi connectivity index (χ4n) is 3.40. The van der Waals surface area contributed by atoms with Gasteiger partial charge in [-0.25, -0.2) is 4.79 Å². The highest BCUT2D eigenvalue weighted by atomic mass is 16.1. The first-order chi connectivity index (χ1) is 9.63. The molecule has 108 valence electrons. The lowest BCUT2D eigenvalue weighted by Crippen LogP contribution is -2.34. The second kappa shape index (κ2) is 5.44. The van der Waals surface area contributed by atoms with Crippen molar-refractivity contribution >= 4 is 11.0 Å². The Balaban J connectivity index is 1.74. The maximum absolute atomic E-state index is 11.3. The zero-order valence-electron chi connectivity index (χ0n) is 12.2. The van der Waals surface area contributed by atoms with E-state index >= 15 is 0 Å². The van der Waals surface area contributed by atoms with Gasteiger partial charge in [-0.05, 0) is 50.3 Å². The highest BCUT2D eigenvalue weighted by Crippen LogP contribution is 2.29. The Hall–Kier alpha value is -1.55. The molecule has 1 unspecified atom stereocenters. The minimum Gasteiger partial charge on any atom is -0.307 e. The zero-order chi connectivity index (χ0) is 14.1. The first-order valence-electron chi connectivity index (χ1n) is 7.61. The van der Waals surface area contributed by atoms with Gasteiger partial charge in [-0.3, -0.25) is 0 Å². The van der Waals surface area contributed by atoms with Crippen LogP contribution in [-0.4, -0.2) is 16.0 Å². The smallest absolute Gasteiger partial charge is 0.307 e. The van der Waals surface area contributed by atoms with E-state index < -0.39 is 0 Å². The number of imidazole rings is 1. The molecule has 1 aromatic carbocycles. The Morgan fingerprint density at radius 3 is 2.60 bits per heavy atom. The van der Waals surface area contributed by atoms with Gasteiger partial charge in [0, 0.05) is 12.1 Å². The van der Waals surface area contributed by atoms with Crippen LogP contribution in [0.25, 0.3) is 11.0 Å². The maximum atomic E-state index is 11.3. The van der Waals surface area contributed by atoms with E-state index in [4.69, 9.17) is 0 Å². The van der Waals surface area contributed by atoms with E-state index in [9.17, 15) is 4.79 Å². The molecule has 2 atom stereocenters. The topological polar surface area (TPSA) is 60.7 Å². The fourth-order valence-corrected chi connectivity index (χ4v) is 3.40. The minimum atomic E-state index is -0.142. The molecule has 3 N–H and O–H groups in total. The van der Waals surface area contributed by atoms with Gasteiger partial charge in [0.2, 0.25) is 0 Å². The number of H-pyrrole nitrogens is 2. The van der Waals surface area contributed by atoms with Crippen LogP contribution in [0.4, 0.5) is 0 Å². The van der Waals surface area contributed by atoms with E-state index in [2.05, 4.69) is 41.3 Å². The molecule has 2 aromatic rings. The molecular weight excluding hydrogens is 250 g/mol. The van der Waals surface area contributed by atoms with E-state index in [0.717, 1.165) is 17.0 Å². The number of rotatable bonds is 4. The normalized spacial score (nSPS) is 19.5. The van der Waals surface area contributed by atoms with Crippen LogP contribution in [0, 0.1) is 5.92 Å². The van der Waals surface area contributed by atoms with Gasteiger partial charge in [-0.1, -0.05) is 18.9 Å². The summed E-state index contributed by atoms with van der Waals surface area (Å²) in [5.74, 6) is 0.813. The van der Waals surface area contributed by atoms with Crippen molar-refractivity contribution in [1.29, 1.82) is 0 Å². The van der Waals surface area contributed by atoms with E-state index in [-0.39, 0.29) is 5.69 Å². The van der Waals surface area contributed by atoms with Crippen LogP contribution in [0.2, 0.25) is 0 Å². The van der Waals surface area contributed by atoms with Crippen LogP contribution >= 0.6 is 0 Å². The van der Waals surface area contributed by atoms with Gasteiger partial charge in [0.25, 0.3) is 0 Å². The van der Waals surface area contributed by atoms with Crippen molar-refractivity contribution in [1.82, 2.24) is 15.3 Å². The molecule has 4 nitrogen and oxygen atoms in total. The Morgan fingerprint density at radius 1 is 1.15 bits per heavy atom. The number of aromatic amines is 2. The van der Waals surface area contributed by atoms with Crippen molar-refractivity contribution in [3.8, 4) is 0 Å². The van der Waals surface area contributed by atoms with Crippen LogP contribution in [0.3, 0.4) is 0 Å². The summed E-state index contributed by atoms with van der Waals surface area (Å²) < 4.78 is 0. The Labute approximate surface area is 119 Å². The lowest BCUT2D eigenvalue weighted by molar-refractivity contribution is 0.353. The summed E-state index contributed by atoms with van der Waals surface area (Å²) in [6.45, 7) is 4.49. The van der Waals surface area contributed by atoms with E-state index in [1.165, 1.54) is 31.2 Å². The highest BCUT2D eigenvalue weighted by molar-refractivity contribution is 5.75. The van der Waals surface area contributed by atoms with Crippen LogP contribution in [0.1, 0.15) is 51.1 Å². The van der Waals surface area contributed by atoms with E-state index in [0.29, 0.717) is 12.1 Å². The molecule has 4 heteroatoms. The second-order valence-corrected chi connectivity index (χ2v) is 6.11. The van der Waals surface area contributed by atoms with Gasteiger partial charge < -0.3 is 15.3 Å². The lowest BCUT2D eigenvalue weighted by Gasteiger charge is -2.25. The summed E-state index contributed by atoms with van der Waals surface area (Å²) in [6.07, 6.45) is 5.46. The van der Waals surface area contributed by atoms with Gasteiger partial charge >= 0.3 is 5.69 Å². The van der Waals surface area contributed by atoms with Gasteiger partial charge in [-0.2, -0.15) is 0 Å². The molecule has 1 aliphatic carbocycles. The third kappa shape index (κ3) is 2.66. The molecule has 0 radical (unpaired) electrons. The zero-order valence-corrected chi connectivity index (χ0v) is 12.2.